The van der Waals surface area contributed by atoms with E-state index in [4.69, 9.17) is 15.1 Å². The van der Waals surface area contributed by atoms with E-state index in [1.807, 2.05) is 24.3 Å². The fraction of sp³-hybridized carbons (Fsp3) is 0.0952. The Hall–Kier alpha value is -5.47. The number of nitrogens with zero attached hydrogens (tertiary/aromatic N) is 10. The number of benzene rings is 2. The molecule has 0 saturated carbocycles. The molecule has 5 aromatic rings. The van der Waals surface area contributed by atoms with E-state index in [0.717, 1.165) is 11.3 Å². The minimum absolute atomic E-state index is 0.0210. The third-order valence-corrected chi connectivity index (χ3v) is 5.13. The van der Waals surface area contributed by atoms with Gasteiger partial charge in [-0.05, 0) is 57.5 Å². The summed E-state index contributed by atoms with van der Waals surface area (Å²) in [5.41, 5.74) is 11.3. The van der Waals surface area contributed by atoms with Crippen molar-refractivity contribution in [2.45, 2.75) is 6.92 Å². The van der Waals surface area contributed by atoms with Gasteiger partial charge in [-0.1, -0.05) is 29.5 Å². The minimum Gasteiger partial charge on any atom is -0.497 e. The van der Waals surface area contributed by atoms with Gasteiger partial charge in [0.1, 0.15) is 17.8 Å². The summed E-state index contributed by atoms with van der Waals surface area (Å²) in [5.74, 6) is 0.0186. The SMILES string of the molecule is COc1cccc(-c2c(C(=O)N/N=C(/C)c3cccc(-n4cnnn4)c3)nnn2-c2nonc2N)c1. The highest BCUT2D eigenvalue weighted by atomic mass is 16.6. The van der Waals surface area contributed by atoms with Crippen LogP contribution in [0.15, 0.2) is 64.6 Å². The number of carbonyl (C=O) groups excluding carboxylic acids is 1. The number of tetrazole rings is 1. The van der Waals surface area contributed by atoms with Crippen LogP contribution in [0.4, 0.5) is 5.82 Å². The molecule has 0 bridgehead atoms. The zero-order valence-electron chi connectivity index (χ0n) is 19.0. The number of hydrogen-bond donors (Lipinski definition) is 2. The number of rotatable bonds is 7. The van der Waals surface area contributed by atoms with Crippen LogP contribution in [0.25, 0.3) is 22.8 Å². The summed E-state index contributed by atoms with van der Waals surface area (Å²) in [4.78, 5) is 13.2. The summed E-state index contributed by atoms with van der Waals surface area (Å²) in [6, 6.07) is 14.4. The van der Waals surface area contributed by atoms with Gasteiger partial charge in [0.15, 0.2) is 5.69 Å². The van der Waals surface area contributed by atoms with Crippen LogP contribution >= 0.6 is 0 Å². The zero-order valence-corrected chi connectivity index (χ0v) is 19.0. The molecule has 15 heteroatoms. The number of hydrogen-bond acceptors (Lipinski definition) is 12. The van der Waals surface area contributed by atoms with Gasteiger partial charge in [0.2, 0.25) is 11.6 Å². The van der Waals surface area contributed by atoms with Gasteiger partial charge in [-0.2, -0.15) is 9.78 Å². The Morgan fingerprint density at radius 2 is 2.00 bits per heavy atom. The maximum atomic E-state index is 13.2. The fourth-order valence-corrected chi connectivity index (χ4v) is 3.36. The Kier molecular flexibility index (Phi) is 5.84. The number of methoxy groups -OCH3 is 1. The quantitative estimate of drug-likeness (QED) is 0.247. The molecule has 0 unspecified atom stereocenters. The molecule has 2 aromatic carbocycles. The lowest BCUT2D eigenvalue weighted by Gasteiger charge is -2.08. The fourth-order valence-electron chi connectivity index (χ4n) is 3.36. The first kappa shape index (κ1) is 22.3. The van der Waals surface area contributed by atoms with Crippen LogP contribution in [0.5, 0.6) is 5.75 Å². The molecule has 36 heavy (non-hydrogen) atoms. The molecule has 0 radical (unpaired) electrons. The largest absolute Gasteiger partial charge is 0.497 e. The van der Waals surface area contributed by atoms with Gasteiger partial charge < -0.3 is 10.5 Å². The maximum Gasteiger partial charge on any atom is 0.294 e. The number of anilines is 1. The minimum atomic E-state index is -0.606. The number of carbonyl (C=O) groups is 1. The Morgan fingerprint density at radius 1 is 1.14 bits per heavy atom. The first-order valence-electron chi connectivity index (χ1n) is 10.4. The van der Waals surface area contributed by atoms with E-state index in [0.29, 0.717) is 22.7 Å². The van der Waals surface area contributed by atoms with Crippen LogP contribution < -0.4 is 15.9 Å². The maximum absolute atomic E-state index is 13.2. The second kappa shape index (κ2) is 9.41. The van der Waals surface area contributed by atoms with Gasteiger partial charge in [-0.25, -0.2) is 14.7 Å². The molecule has 0 fully saturated rings. The second-order valence-electron chi connectivity index (χ2n) is 7.35. The van der Waals surface area contributed by atoms with Crippen molar-refractivity contribution in [3.63, 3.8) is 0 Å². The lowest BCUT2D eigenvalue weighted by molar-refractivity contribution is 0.0950. The predicted molar refractivity (Wildman–Crippen MR) is 124 cm³/mol. The van der Waals surface area contributed by atoms with Crippen molar-refractivity contribution in [3.05, 3.63) is 66.1 Å². The summed E-state index contributed by atoms with van der Waals surface area (Å²) in [5, 5.41) is 30.8. The lowest BCUT2D eigenvalue weighted by Crippen LogP contribution is -2.21. The van der Waals surface area contributed by atoms with Gasteiger partial charge in [0.05, 0.1) is 18.5 Å². The average Bonchev–Trinajstić information content (AvgIpc) is 3.68. The predicted octanol–water partition coefficient (Wildman–Crippen LogP) is 1.04. The number of ether oxygens (including phenoxy) is 1. The molecule has 1 amide bonds. The van der Waals surface area contributed by atoms with E-state index in [1.165, 1.54) is 22.8 Å². The van der Waals surface area contributed by atoms with Crippen molar-refractivity contribution < 1.29 is 14.2 Å². The summed E-state index contributed by atoms with van der Waals surface area (Å²) in [7, 11) is 1.54. The third kappa shape index (κ3) is 4.23. The molecular formula is C21H18N12O3. The average molecular weight is 486 g/mol. The number of nitrogens with one attached hydrogen (secondary N) is 1. The van der Waals surface area contributed by atoms with Gasteiger partial charge in [0.25, 0.3) is 5.91 Å². The van der Waals surface area contributed by atoms with E-state index in [2.05, 4.69) is 46.7 Å². The highest BCUT2D eigenvalue weighted by molar-refractivity contribution is 6.02. The molecule has 0 aliphatic carbocycles. The number of nitrogens with two attached hydrogens (primary N) is 1. The Bertz CT molecular complexity index is 1550. The van der Waals surface area contributed by atoms with Crippen LogP contribution in [0.3, 0.4) is 0 Å². The Morgan fingerprint density at radius 3 is 2.75 bits per heavy atom. The Balaban J connectivity index is 1.48. The molecule has 3 aromatic heterocycles. The molecule has 3 heterocycles. The summed E-state index contributed by atoms with van der Waals surface area (Å²) in [6.45, 7) is 1.75. The topological polar surface area (TPSA) is 190 Å². The molecule has 180 valence electrons. The number of amides is 1. The van der Waals surface area contributed by atoms with Crippen LogP contribution in [0, 0.1) is 0 Å². The summed E-state index contributed by atoms with van der Waals surface area (Å²) >= 11 is 0. The second-order valence-corrected chi connectivity index (χ2v) is 7.35. The van der Waals surface area contributed by atoms with Crippen LogP contribution in [-0.4, -0.2) is 64.2 Å². The molecule has 0 aliphatic heterocycles. The van der Waals surface area contributed by atoms with Gasteiger partial charge in [-0.15, -0.1) is 10.2 Å². The van der Waals surface area contributed by atoms with Crippen molar-refractivity contribution in [2.75, 3.05) is 12.8 Å². The van der Waals surface area contributed by atoms with Crippen molar-refractivity contribution in [1.29, 1.82) is 0 Å². The number of hydrazone groups is 1. The molecular weight excluding hydrogens is 468 g/mol. The molecule has 5 rings (SSSR count). The molecule has 0 aliphatic rings. The number of nitrogen functional groups attached to an aromatic ring is 1. The van der Waals surface area contributed by atoms with Crippen molar-refractivity contribution in [3.8, 4) is 28.5 Å². The lowest BCUT2D eigenvalue weighted by atomic mass is 10.1. The highest BCUT2D eigenvalue weighted by Crippen LogP contribution is 2.29. The van der Waals surface area contributed by atoms with Crippen molar-refractivity contribution >= 4 is 17.4 Å². The molecule has 0 atom stereocenters. The summed E-state index contributed by atoms with van der Waals surface area (Å²) < 4.78 is 12.8. The van der Waals surface area contributed by atoms with E-state index in [-0.39, 0.29) is 17.3 Å². The van der Waals surface area contributed by atoms with E-state index in [9.17, 15) is 4.79 Å². The molecule has 0 saturated heterocycles. The number of aromatic nitrogens is 9. The molecule has 3 N–H and O–H groups in total. The van der Waals surface area contributed by atoms with Crippen molar-refractivity contribution in [1.82, 2.24) is 50.9 Å². The highest BCUT2D eigenvalue weighted by Gasteiger charge is 2.25. The standard InChI is InChI=1S/C21H18N12O3/c1-12(13-5-3-7-15(9-13)32-11-23-29-31-32)24-26-21(34)17-18(14-6-4-8-16(10-14)35-2)33(30-25-17)20-19(22)27-36-28-20/h3-11H,1-2H3,(H2,22,27)(H,26,34)/b24-12-. The normalized spacial score (nSPS) is 11.4. The van der Waals surface area contributed by atoms with Crippen LogP contribution in [0.2, 0.25) is 0 Å². The third-order valence-electron chi connectivity index (χ3n) is 5.13. The van der Waals surface area contributed by atoms with E-state index < -0.39 is 5.91 Å². The van der Waals surface area contributed by atoms with Crippen molar-refractivity contribution in [2.24, 2.45) is 5.10 Å². The zero-order chi connectivity index (χ0) is 25.1. The van der Waals surface area contributed by atoms with Crippen LogP contribution in [-0.2, 0) is 0 Å². The smallest absolute Gasteiger partial charge is 0.294 e. The van der Waals surface area contributed by atoms with Gasteiger partial charge in [-0.3, -0.25) is 4.79 Å². The van der Waals surface area contributed by atoms with Gasteiger partial charge in [0, 0.05) is 5.56 Å². The molecule has 15 nitrogen and oxygen atoms in total. The van der Waals surface area contributed by atoms with Crippen LogP contribution in [0.1, 0.15) is 23.0 Å². The monoisotopic (exact) mass is 486 g/mol. The molecule has 0 spiro atoms. The van der Waals surface area contributed by atoms with Gasteiger partial charge >= 0.3 is 0 Å². The first-order chi connectivity index (χ1) is 17.5. The van der Waals surface area contributed by atoms with E-state index in [1.54, 1.807) is 31.2 Å². The Labute approximate surface area is 202 Å². The summed E-state index contributed by atoms with van der Waals surface area (Å²) in [6.07, 6.45) is 1.48. The first-order valence-corrected chi connectivity index (χ1v) is 10.4. The van der Waals surface area contributed by atoms with E-state index >= 15 is 0 Å².